The van der Waals surface area contributed by atoms with Gasteiger partial charge in [0.15, 0.2) is 15.7 Å². The maximum Gasteiger partial charge on any atom is 0.253 e. The highest BCUT2D eigenvalue weighted by molar-refractivity contribution is 7.90. The van der Waals surface area contributed by atoms with Crippen molar-refractivity contribution >= 4 is 62.9 Å². The SMILES string of the molecule is CCOc1ccc(C(=O)N2CCCCC2)cc1C1=NC(c2ccc(Cl)cc2)CN1[C@H]1CN(C=O)CC[N@@+]1(CCS(C)(=O)=O)N1CC(c2ccc(Cl)cc2)N=C1c1cc(C(=O)N2CCCCC2)ccc1OCC. The lowest BCUT2D eigenvalue weighted by Gasteiger charge is -2.56. The zero-order chi connectivity index (χ0) is 50.6. The van der Waals surface area contributed by atoms with Crippen LogP contribution in [-0.4, -0.2) is 164 Å². The molecule has 3 fully saturated rings. The van der Waals surface area contributed by atoms with Gasteiger partial charge in [0.05, 0.1) is 56.6 Å². The zero-order valence-corrected chi connectivity index (χ0v) is 43.8. The highest BCUT2D eigenvalue weighted by Crippen LogP contribution is 2.42. The van der Waals surface area contributed by atoms with Crippen LogP contribution in [0.3, 0.4) is 0 Å². The van der Waals surface area contributed by atoms with E-state index in [0.717, 1.165) is 56.1 Å². The van der Waals surface area contributed by atoms with Crippen LogP contribution in [-0.2, 0) is 14.6 Å². The summed E-state index contributed by atoms with van der Waals surface area (Å²) < 4.78 is 40.1. The number of carbonyl (C=O) groups is 3. The molecule has 5 aliphatic rings. The number of halogens is 2. The van der Waals surface area contributed by atoms with E-state index in [2.05, 4.69) is 9.91 Å². The molecular weight excluding hydrogens is 976 g/mol. The number of quaternary nitrogens is 1. The number of benzene rings is 4. The predicted octanol–water partition coefficient (Wildman–Crippen LogP) is 7.92. The van der Waals surface area contributed by atoms with Gasteiger partial charge < -0.3 is 29.1 Å². The molecule has 0 saturated carbocycles. The minimum absolute atomic E-state index is 0.0128. The number of hydrogen-bond donors (Lipinski definition) is 0. The lowest BCUT2D eigenvalue weighted by atomic mass is 10.0. The van der Waals surface area contributed by atoms with Gasteiger partial charge in [-0.3, -0.25) is 24.4 Å². The van der Waals surface area contributed by atoms with Gasteiger partial charge in [0.2, 0.25) is 12.6 Å². The number of ether oxygens (including phenoxy) is 2. The van der Waals surface area contributed by atoms with Crippen LogP contribution in [0.15, 0.2) is 94.9 Å². The number of carbonyl (C=O) groups excluding carboxylic acids is 3. The molecule has 2 unspecified atom stereocenters. The van der Waals surface area contributed by atoms with Crippen LogP contribution in [0.5, 0.6) is 11.5 Å². The Morgan fingerprint density at radius 1 is 0.667 bits per heavy atom. The number of likely N-dealkylation sites (tertiary alicyclic amines) is 2. The lowest BCUT2D eigenvalue weighted by Crippen LogP contribution is -2.77. The summed E-state index contributed by atoms with van der Waals surface area (Å²) in [6, 6.07) is 25.3. The summed E-state index contributed by atoms with van der Waals surface area (Å²) >= 11 is 12.9. The largest absolute Gasteiger partial charge is 0.493 e. The van der Waals surface area contributed by atoms with Crippen LogP contribution in [0.2, 0.25) is 10.0 Å². The molecule has 0 aromatic heterocycles. The maximum absolute atomic E-state index is 14.3. The number of amidine groups is 2. The topological polar surface area (TPSA) is 145 Å². The standard InChI is InChI=1S/C54H65Cl2N8O7S/c1-4-70-48-22-16-40(53(66)60-24-8-6-9-25-60)32-44(48)51-57-46(38-12-18-42(55)19-13-38)34-62(51)50-36-59(37-65)28-29-64(50,30-31-72(3,68)69)63-35-47(39-14-20-43(56)21-15-39)58-52(63)45-33-41(17-23-49(45)71-5-2)54(67)61-26-10-7-11-27-61/h12-23,32-33,37,46-47,50H,4-11,24-31,34-36H2,1-3H3/q+1/t46?,47?,50-,64+/m1/s1. The number of piperazine rings is 1. The van der Waals surface area contributed by atoms with Gasteiger partial charge in [-0.1, -0.05) is 47.5 Å². The Morgan fingerprint density at radius 3 is 1.64 bits per heavy atom. The summed E-state index contributed by atoms with van der Waals surface area (Å²) in [7, 11) is -3.60. The Morgan fingerprint density at radius 2 is 1.15 bits per heavy atom. The van der Waals surface area contributed by atoms with E-state index in [1.54, 1.807) is 4.90 Å². The molecule has 382 valence electrons. The number of aliphatic imine (C=N–C) groups is 2. The van der Waals surface area contributed by atoms with Crippen molar-refractivity contribution in [1.29, 1.82) is 0 Å². The molecule has 4 aromatic carbocycles. The number of rotatable bonds is 16. The molecule has 3 saturated heterocycles. The van der Waals surface area contributed by atoms with Crippen molar-refractivity contribution in [3.63, 3.8) is 0 Å². The highest BCUT2D eigenvalue weighted by atomic mass is 35.5. The third-order valence-corrected chi connectivity index (χ3v) is 16.1. The fourth-order valence-corrected chi connectivity index (χ4v) is 11.9. The van der Waals surface area contributed by atoms with Gasteiger partial charge in [0.1, 0.15) is 42.2 Å². The molecule has 4 atom stereocenters. The minimum Gasteiger partial charge on any atom is -0.493 e. The number of nitrogens with zero attached hydrogens (tertiary/aromatic N) is 8. The lowest BCUT2D eigenvalue weighted by molar-refractivity contribution is -1.05. The van der Waals surface area contributed by atoms with Crippen molar-refractivity contribution in [2.75, 3.05) is 90.7 Å². The third-order valence-electron chi connectivity index (χ3n) is 14.7. The molecule has 3 amide bonds. The van der Waals surface area contributed by atoms with E-state index >= 15 is 0 Å². The Hall–Kier alpha value is -5.68. The monoisotopic (exact) mass is 1040 g/mol. The second-order valence-electron chi connectivity index (χ2n) is 19.4. The first-order valence-corrected chi connectivity index (χ1v) is 28.2. The summed E-state index contributed by atoms with van der Waals surface area (Å²) in [6.07, 6.45) is 7.31. The minimum atomic E-state index is -3.60. The summed E-state index contributed by atoms with van der Waals surface area (Å²) in [5.41, 5.74) is 4.01. The molecule has 0 spiro atoms. The molecule has 0 aliphatic carbocycles. The first-order chi connectivity index (χ1) is 34.8. The Kier molecular flexibility index (Phi) is 15.8. The van der Waals surface area contributed by atoms with E-state index in [4.69, 9.17) is 42.7 Å². The molecule has 15 nitrogen and oxygen atoms in total. The van der Waals surface area contributed by atoms with E-state index in [0.29, 0.717) is 121 Å². The number of piperidine rings is 2. The van der Waals surface area contributed by atoms with Gasteiger partial charge in [0, 0.05) is 53.6 Å². The molecule has 5 heterocycles. The predicted molar refractivity (Wildman–Crippen MR) is 281 cm³/mol. The van der Waals surface area contributed by atoms with Crippen molar-refractivity contribution in [2.24, 2.45) is 9.98 Å². The number of amides is 3. The first-order valence-electron chi connectivity index (χ1n) is 25.4. The van der Waals surface area contributed by atoms with Crippen molar-refractivity contribution in [3.05, 3.63) is 128 Å². The normalized spacial score (nSPS) is 22.7. The second kappa shape index (κ2) is 22.2. The first kappa shape index (κ1) is 51.2. The van der Waals surface area contributed by atoms with E-state index in [9.17, 15) is 22.8 Å². The van der Waals surface area contributed by atoms with Crippen LogP contribution >= 0.6 is 23.2 Å². The Bertz CT molecular complexity index is 2800. The molecule has 9 rings (SSSR count). The van der Waals surface area contributed by atoms with Gasteiger partial charge in [-0.2, -0.15) is 4.59 Å². The van der Waals surface area contributed by atoms with Crippen molar-refractivity contribution < 1.29 is 36.9 Å². The molecule has 72 heavy (non-hydrogen) atoms. The number of sulfone groups is 1. The zero-order valence-electron chi connectivity index (χ0n) is 41.4. The van der Waals surface area contributed by atoms with Crippen molar-refractivity contribution in [3.8, 4) is 11.5 Å². The smallest absolute Gasteiger partial charge is 0.253 e. The van der Waals surface area contributed by atoms with Gasteiger partial charge >= 0.3 is 0 Å². The van der Waals surface area contributed by atoms with E-state index < -0.39 is 28.1 Å². The summed E-state index contributed by atoms with van der Waals surface area (Å²) in [5.74, 6) is 1.79. The summed E-state index contributed by atoms with van der Waals surface area (Å²) in [5, 5.41) is 3.35. The van der Waals surface area contributed by atoms with Gasteiger partial charge in [0.25, 0.3) is 11.8 Å². The van der Waals surface area contributed by atoms with Crippen LogP contribution in [0.25, 0.3) is 0 Å². The average molecular weight is 1040 g/mol. The van der Waals surface area contributed by atoms with Gasteiger partial charge in [-0.05, 0) is 124 Å². The van der Waals surface area contributed by atoms with Gasteiger partial charge in [-0.25, -0.2) is 13.4 Å². The van der Waals surface area contributed by atoms with Crippen molar-refractivity contribution in [2.45, 2.75) is 70.6 Å². The molecule has 0 bridgehead atoms. The van der Waals surface area contributed by atoms with Crippen LogP contribution in [0, 0.1) is 0 Å². The second-order valence-corrected chi connectivity index (χ2v) is 22.5. The molecule has 18 heteroatoms. The van der Waals surface area contributed by atoms with Crippen molar-refractivity contribution in [1.82, 2.24) is 24.6 Å². The highest BCUT2D eigenvalue weighted by Gasteiger charge is 2.56. The van der Waals surface area contributed by atoms with Crippen LogP contribution < -0.4 is 9.47 Å². The third kappa shape index (κ3) is 11.0. The summed E-state index contributed by atoms with van der Waals surface area (Å²) in [6.45, 7) is 8.70. The Labute approximate surface area is 433 Å². The number of hydrogen-bond acceptors (Lipinski definition) is 11. The van der Waals surface area contributed by atoms with Crippen LogP contribution in [0.4, 0.5) is 0 Å². The molecule has 0 N–H and O–H groups in total. The molecule has 0 radical (unpaired) electrons. The molecule has 4 aromatic rings. The van der Waals surface area contributed by atoms with Crippen LogP contribution in [0.1, 0.15) is 107 Å². The van der Waals surface area contributed by atoms with E-state index in [-0.39, 0.29) is 35.2 Å². The Balaban J connectivity index is 1.25. The van der Waals surface area contributed by atoms with Gasteiger partial charge in [-0.15, -0.1) is 0 Å². The van der Waals surface area contributed by atoms with E-state index in [1.807, 2.05) is 109 Å². The maximum atomic E-state index is 14.3. The fraction of sp³-hybridized carbons (Fsp3) is 0.463. The quantitative estimate of drug-likeness (QED) is 0.0808. The molecule has 5 aliphatic heterocycles. The fourth-order valence-electron chi connectivity index (χ4n) is 11.0. The summed E-state index contributed by atoms with van der Waals surface area (Å²) in [4.78, 5) is 60.6. The average Bonchev–Trinajstić information content (AvgIpc) is 4.05. The molecular formula is C54H65Cl2N8O7S+. The van der Waals surface area contributed by atoms with E-state index in [1.165, 1.54) is 6.26 Å².